The maximum absolute atomic E-state index is 14.0. The molecular formula is C23H30F2O3SSi. The Kier molecular flexibility index (Phi) is 7.11. The fourth-order valence-corrected chi connectivity index (χ4v) is 4.26. The van der Waals surface area contributed by atoms with Crippen LogP contribution < -0.4 is 0 Å². The van der Waals surface area contributed by atoms with E-state index in [1.54, 1.807) is 24.3 Å². The van der Waals surface area contributed by atoms with Crippen LogP contribution in [0, 0.1) is 11.6 Å². The fraction of sp³-hybridized carbons (Fsp3) is 0.391. The predicted octanol–water partition coefficient (Wildman–Crippen LogP) is 6.32. The third-order valence-corrected chi connectivity index (χ3v) is 11.4. The van der Waals surface area contributed by atoms with E-state index in [-0.39, 0.29) is 16.5 Å². The summed E-state index contributed by atoms with van der Waals surface area (Å²) < 4.78 is 57.3. The second kappa shape index (κ2) is 8.73. The number of sulfone groups is 1. The van der Waals surface area contributed by atoms with Crippen molar-refractivity contribution in [1.82, 2.24) is 0 Å². The summed E-state index contributed by atoms with van der Waals surface area (Å²) in [5.41, 5.74) is 2.89. The highest BCUT2D eigenvalue weighted by atomic mass is 32.2. The molecular weight excluding hydrogens is 422 g/mol. The van der Waals surface area contributed by atoms with E-state index in [9.17, 15) is 17.2 Å². The molecule has 0 radical (unpaired) electrons. The minimum atomic E-state index is -3.30. The molecule has 2 aromatic rings. The lowest BCUT2D eigenvalue weighted by molar-refractivity contribution is 0.334. The Morgan fingerprint density at radius 2 is 1.50 bits per heavy atom. The summed E-state index contributed by atoms with van der Waals surface area (Å²) in [6.45, 7) is 12.8. The molecule has 0 atom stereocenters. The van der Waals surface area contributed by atoms with E-state index in [1.165, 1.54) is 12.1 Å². The minimum Gasteiger partial charge on any atom is -0.413 e. The van der Waals surface area contributed by atoms with Crippen molar-refractivity contribution in [2.24, 2.45) is 0 Å². The highest BCUT2D eigenvalue weighted by Gasteiger charge is 2.37. The topological polar surface area (TPSA) is 43.4 Å². The van der Waals surface area contributed by atoms with Gasteiger partial charge in [0.05, 0.1) is 11.5 Å². The van der Waals surface area contributed by atoms with Crippen LogP contribution in [0.3, 0.4) is 0 Å². The number of allylic oxidation sites excluding steroid dienone is 1. The van der Waals surface area contributed by atoms with Gasteiger partial charge in [-0.1, -0.05) is 39.0 Å². The third kappa shape index (κ3) is 5.65. The number of hydrogen-bond acceptors (Lipinski definition) is 3. The molecule has 0 fully saturated rings. The molecule has 0 spiro atoms. The second-order valence-corrected chi connectivity index (χ2v) is 15.9. The first-order valence-corrected chi connectivity index (χ1v) is 14.5. The highest BCUT2D eigenvalue weighted by Crippen LogP contribution is 2.38. The van der Waals surface area contributed by atoms with Gasteiger partial charge in [0.15, 0.2) is 29.8 Å². The summed E-state index contributed by atoms with van der Waals surface area (Å²) in [7, 11) is -5.39. The quantitative estimate of drug-likeness (QED) is 0.380. The van der Waals surface area contributed by atoms with Gasteiger partial charge in [-0.2, -0.15) is 0 Å². The molecule has 2 rings (SSSR count). The standard InChI is InChI=1S/C23H30F2O3SSi/c1-16(17-8-11-19(12-9-17)29(5,26)27)20(15-28-30(6,7)23(2,3)4)18-10-13-21(24)22(25)14-18/h8-14H,15H2,1-7H3/b20-16+. The van der Waals surface area contributed by atoms with E-state index in [0.717, 1.165) is 29.0 Å². The smallest absolute Gasteiger partial charge is 0.192 e. The zero-order valence-electron chi connectivity index (χ0n) is 18.6. The van der Waals surface area contributed by atoms with Crippen molar-refractivity contribution in [3.05, 3.63) is 65.2 Å². The molecule has 0 N–H and O–H groups in total. The molecule has 0 unspecified atom stereocenters. The second-order valence-electron chi connectivity index (χ2n) is 9.08. The van der Waals surface area contributed by atoms with E-state index in [4.69, 9.17) is 4.43 Å². The average Bonchev–Trinajstić information content (AvgIpc) is 2.63. The normalized spacial score (nSPS) is 13.9. The Bertz CT molecular complexity index is 1050. The van der Waals surface area contributed by atoms with Crippen molar-refractivity contribution in [2.75, 3.05) is 12.9 Å². The van der Waals surface area contributed by atoms with E-state index < -0.39 is 29.8 Å². The van der Waals surface area contributed by atoms with Gasteiger partial charge in [0.25, 0.3) is 0 Å². The minimum absolute atomic E-state index is 0.00278. The molecule has 3 nitrogen and oxygen atoms in total. The van der Waals surface area contributed by atoms with Crippen LogP contribution in [0.4, 0.5) is 8.78 Å². The number of benzene rings is 2. The van der Waals surface area contributed by atoms with Gasteiger partial charge < -0.3 is 4.43 Å². The van der Waals surface area contributed by atoms with Crippen molar-refractivity contribution in [3.8, 4) is 0 Å². The molecule has 0 aromatic heterocycles. The van der Waals surface area contributed by atoms with Crippen LogP contribution in [0.15, 0.2) is 47.4 Å². The van der Waals surface area contributed by atoms with Crippen LogP contribution in [0.2, 0.25) is 18.1 Å². The molecule has 0 saturated heterocycles. The van der Waals surface area contributed by atoms with E-state index >= 15 is 0 Å². The SMILES string of the molecule is C/C(=C(/CO[Si](C)(C)C(C)(C)C)c1ccc(F)c(F)c1)c1ccc(S(C)(=O)=O)cc1. The van der Waals surface area contributed by atoms with Gasteiger partial charge in [0.1, 0.15) is 0 Å². The average molecular weight is 453 g/mol. The lowest BCUT2D eigenvalue weighted by Crippen LogP contribution is -2.41. The van der Waals surface area contributed by atoms with Gasteiger partial charge in [-0.25, -0.2) is 17.2 Å². The molecule has 0 bridgehead atoms. The van der Waals surface area contributed by atoms with E-state index in [2.05, 4.69) is 33.9 Å². The van der Waals surface area contributed by atoms with Crippen molar-refractivity contribution in [3.63, 3.8) is 0 Å². The highest BCUT2D eigenvalue weighted by molar-refractivity contribution is 7.90. The van der Waals surface area contributed by atoms with Crippen LogP contribution in [0.5, 0.6) is 0 Å². The maximum atomic E-state index is 14.0. The molecule has 0 aliphatic heterocycles. The first-order chi connectivity index (χ1) is 13.6. The molecule has 30 heavy (non-hydrogen) atoms. The van der Waals surface area contributed by atoms with Crippen LogP contribution >= 0.6 is 0 Å². The molecule has 7 heteroatoms. The Hall–Kier alpha value is -1.83. The summed E-state index contributed by atoms with van der Waals surface area (Å²) in [4.78, 5) is 0.228. The third-order valence-electron chi connectivity index (χ3n) is 5.82. The Balaban J connectivity index is 2.54. The van der Waals surface area contributed by atoms with Crippen molar-refractivity contribution in [1.29, 1.82) is 0 Å². The van der Waals surface area contributed by atoms with Gasteiger partial charge in [-0.15, -0.1) is 0 Å². The summed E-state index contributed by atoms with van der Waals surface area (Å²) in [6, 6.07) is 10.4. The van der Waals surface area contributed by atoms with Crippen LogP contribution in [-0.4, -0.2) is 29.6 Å². The molecule has 0 aliphatic rings. The summed E-state index contributed by atoms with van der Waals surface area (Å²) in [5, 5.41) is -0.00278. The fourth-order valence-electron chi connectivity index (χ4n) is 2.69. The van der Waals surface area contributed by atoms with Crippen molar-refractivity contribution in [2.45, 2.75) is 50.7 Å². The number of rotatable bonds is 6. The largest absolute Gasteiger partial charge is 0.413 e. The summed E-state index contributed by atoms with van der Waals surface area (Å²) in [5.74, 6) is -1.82. The first-order valence-electron chi connectivity index (χ1n) is 9.73. The molecule has 164 valence electrons. The monoisotopic (exact) mass is 452 g/mol. The molecule has 0 heterocycles. The first kappa shape index (κ1) is 24.4. The van der Waals surface area contributed by atoms with Crippen molar-refractivity contribution >= 4 is 29.3 Å². The van der Waals surface area contributed by atoms with Crippen molar-refractivity contribution < 1.29 is 21.6 Å². The molecule has 0 aliphatic carbocycles. The summed E-state index contributed by atoms with van der Waals surface area (Å²) in [6.07, 6.45) is 1.16. The molecule has 0 amide bonds. The summed E-state index contributed by atoms with van der Waals surface area (Å²) >= 11 is 0. The maximum Gasteiger partial charge on any atom is 0.192 e. The van der Waals surface area contributed by atoms with Gasteiger partial charge in [-0.3, -0.25) is 0 Å². The lowest BCUT2D eigenvalue weighted by atomic mass is 9.96. The molecule has 2 aromatic carbocycles. The number of hydrogen-bond donors (Lipinski definition) is 0. The van der Waals surface area contributed by atoms with Gasteiger partial charge in [-0.05, 0) is 71.6 Å². The van der Waals surface area contributed by atoms with E-state index in [0.29, 0.717) is 5.56 Å². The van der Waals surface area contributed by atoms with E-state index in [1.807, 2.05) is 6.92 Å². The van der Waals surface area contributed by atoms with Gasteiger partial charge >= 0.3 is 0 Å². The predicted molar refractivity (Wildman–Crippen MR) is 122 cm³/mol. The molecule has 0 saturated carbocycles. The van der Waals surface area contributed by atoms with Gasteiger partial charge in [0.2, 0.25) is 0 Å². The van der Waals surface area contributed by atoms with Crippen LogP contribution in [0.1, 0.15) is 38.8 Å². The number of halogens is 2. The van der Waals surface area contributed by atoms with Crippen LogP contribution in [0.25, 0.3) is 11.1 Å². The zero-order chi connectivity index (χ0) is 22.9. The Morgan fingerprint density at radius 3 is 1.97 bits per heavy atom. The Labute approximate surface area is 179 Å². The van der Waals surface area contributed by atoms with Crippen LogP contribution in [-0.2, 0) is 14.3 Å². The zero-order valence-corrected chi connectivity index (χ0v) is 20.5. The Morgan fingerprint density at radius 1 is 0.967 bits per heavy atom. The van der Waals surface area contributed by atoms with Gasteiger partial charge in [0, 0.05) is 6.26 Å². The lowest BCUT2D eigenvalue weighted by Gasteiger charge is -2.36.